The number of carbonyl (C=O) groups excluding carboxylic acids is 2. The number of allylic oxidation sites excluding steroid dienone is 7. The van der Waals surface area contributed by atoms with Gasteiger partial charge in [0.15, 0.2) is 0 Å². The number of hydrogen-bond donors (Lipinski definition) is 3. The Morgan fingerprint density at radius 3 is 1.24 bits per heavy atom. The van der Waals surface area contributed by atoms with Gasteiger partial charge in [-0.15, -0.1) is 0 Å². The Bertz CT molecular complexity index is 1070. The molecule has 0 aliphatic heterocycles. The number of carbonyl (C=O) groups is 2. The molecular formula is C57H105NO5. The third-order valence-electron chi connectivity index (χ3n) is 12.3. The van der Waals surface area contributed by atoms with Crippen molar-refractivity contribution in [1.29, 1.82) is 0 Å². The van der Waals surface area contributed by atoms with Crippen LogP contribution in [0, 0.1) is 0 Å². The summed E-state index contributed by atoms with van der Waals surface area (Å²) >= 11 is 0. The number of hydrogen-bond acceptors (Lipinski definition) is 5. The monoisotopic (exact) mass is 884 g/mol. The number of ether oxygens (including phenoxy) is 1. The molecule has 0 saturated heterocycles. The van der Waals surface area contributed by atoms with Crippen LogP contribution in [0.4, 0.5) is 0 Å². The van der Waals surface area contributed by atoms with Gasteiger partial charge in [0.05, 0.1) is 25.4 Å². The maximum atomic E-state index is 12.4. The van der Waals surface area contributed by atoms with Gasteiger partial charge in [-0.05, 0) is 96.3 Å². The van der Waals surface area contributed by atoms with E-state index in [4.69, 9.17) is 4.74 Å². The fourth-order valence-corrected chi connectivity index (χ4v) is 8.07. The van der Waals surface area contributed by atoms with Crippen molar-refractivity contribution in [2.75, 3.05) is 13.2 Å². The van der Waals surface area contributed by atoms with Gasteiger partial charge in [0.2, 0.25) is 5.91 Å². The molecule has 368 valence electrons. The van der Waals surface area contributed by atoms with Crippen molar-refractivity contribution >= 4 is 11.9 Å². The Morgan fingerprint density at radius 2 is 0.794 bits per heavy atom. The molecule has 0 aliphatic rings. The molecule has 3 N–H and O–H groups in total. The number of esters is 1. The Kier molecular flexibility index (Phi) is 50.6. The number of rotatable bonds is 50. The topological polar surface area (TPSA) is 95.9 Å². The van der Waals surface area contributed by atoms with E-state index in [0.29, 0.717) is 19.4 Å². The molecule has 0 aliphatic carbocycles. The highest BCUT2D eigenvalue weighted by Gasteiger charge is 2.18. The number of amides is 1. The van der Waals surface area contributed by atoms with Crippen molar-refractivity contribution < 1.29 is 24.5 Å². The van der Waals surface area contributed by atoms with E-state index < -0.39 is 12.1 Å². The standard InChI is InChI=1S/C57H105NO5/c1-3-5-7-9-11-13-15-17-19-21-22-23-25-29-33-37-41-45-49-55(60)54(53-59)58-56(61)50-46-42-38-34-30-27-28-32-36-40-44-48-52-63-57(62)51-47-43-39-35-31-26-24-20-18-16-14-12-10-8-6-4-2/h14,16,20,24,28,32,45,49,54-55,59-60H,3-13,15,17-19,21-23,25-27,29-31,33-44,46-48,50-53H2,1-2H3,(H,58,61)/b16-14-,24-20-,32-28-,49-45+. The summed E-state index contributed by atoms with van der Waals surface area (Å²) in [7, 11) is 0. The van der Waals surface area contributed by atoms with Gasteiger partial charge in [-0.3, -0.25) is 9.59 Å². The molecule has 6 nitrogen and oxygen atoms in total. The second-order valence-corrected chi connectivity index (χ2v) is 18.5. The normalized spacial score (nSPS) is 13.0. The van der Waals surface area contributed by atoms with Gasteiger partial charge in [0, 0.05) is 12.8 Å². The molecule has 0 aromatic rings. The van der Waals surface area contributed by atoms with Gasteiger partial charge < -0.3 is 20.3 Å². The van der Waals surface area contributed by atoms with E-state index in [9.17, 15) is 19.8 Å². The Labute approximate surface area is 391 Å². The average Bonchev–Trinajstić information content (AvgIpc) is 3.28. The van der Waals surface area contributed by atoms with Gasteiger partial charge in [0.1, 0.15) is 0 Å². The molecule has 0 rings (SSSR count). The molecule has 2 unspecified atom stereocenters. The lowest BCUT2D eigenvalue weighted by Gasteiger charge is -2.20. The van der Waals surface area contributed by atoms with Crippen molar-refractivity contribution in [2.24, 2.45) is 0 Å². The number of aliphatic hydroxyl groups is 2. The molecule has 0 spiro atoms. The lowest BCUT2D eigenvalue weighted by atomic mass is 10.0. The summed E-state index contributed by atoms with van der Waals surface area (Å²) in [5, 5.41) is 23.1. The minimum absolute atomic E-state index is 0.0383. The zero-order valence-corrected chi connectivity index (χ0v) is 41.8. The van der Waals surface area contributed by atoms with Crippen LogP contribution in [0.1, 0.15) is 277 Å². The highest BCUT2D eigenvalue weighted by molar-refractivity contribution is 5.76. The molecule has 2 atom stereocenters. The zero-order valence-electron chi connectivity index (χ0n) is 41.8. The first-order chi connectivity index (χ1) is 31.0. The highest BCUT2D eigenvalue weighted by Crippen LogP contribution is 2.15. The van der Waals surface area contributed by atoms with Crippen LogP contribution in [0.15, 0.2) is 48.6 Å². The van der Waals surface area contributed by atoms with Crippen molar-refractivity contribution in [1.82, 2.24) is 5.32 Å². The van der Waals surface area contributed by atoms with E-state index >= 15 is 0 Å². The largest absolute Gasteiger partial charge is 0.466 e. The molecule has 1 amide bonds. The van der Waals surface area contributed by atoms with E-state index in [1.807, 2.05) is 6.08 Å². The quantitative estimate of drug-likeness (QED) is 0.0321. The Balaban J connectivity index is 3.56. The van der Waals surface area contributed by atoms with Crippen LogP contribution in [-0.2, 0) is 14.3 Å². The molecule has 0 aromatic heterocycles. The first-order valence-corrected chi connectivity index (χ1v) is 27.4. The Morgan fingerprint density at radius 1 is 0.444 bits per heavy atom. The fourth-order valence-electron chi connectivity index (χ4n) is 8.07. The molecule has 0 radical (unpaired) electrons. The van der Waals surface area contributed by atoms with Crippen molar-refractivity contribution in [2.45, 2.75) is 289 Å². The summed E-state index contributed by atoms with van der Waals surface area (Å²) in [6.07, 6.45) is 65.4. The molecule has 0 heterocycles. The summed E-state index contributed by atoms with van der Waals surface area (Å²) in [5.74, 6) is -0.133. The van der Waals surface area contributed by atoms with Crippen LogP contribution in [0.5, 0.6) is 0 Å². The third-order valence-corrected chi connectivity index (χ3v) is 12.3. The molecular weight excluding hydrogens is 779 g/mol. The van der Waals surface area contributed by atoms with E-state index in [2.05, 4.69) is 55.6 Å². The van der Waals surface area contributed by atoms with Gasteiger partial charge >= 0.3 is 5.97 Å². The molecule has 0 fully saturated rings. The summed E-state index contributed by atoms with van der Waals surface area (Å²) in [6, 6.07) is -0.649. The summed E-state index contributed by atoms with van der Waals surface area (Å²) in [6.45, 7) is 4.82. The predicted molar refractivity (Wildman–Crippen MR) is 273 cm³/mol. The van der Waals surface area contributed by atoms with Crippen molar-refractivity contribution in [3.8, 4) is 0 Å². The molecule has 0 saturated carbocycles. The van der Waals surface area contributed by atoms with Gasteiger partial charge in [-0.25, -0.2) is 0 Å². The lowest BCUT2D eigenvalue weighted by Crippen LogP contribution is -2.45. The molecule has 6 heteroatoms. The minimum Gasteiger partial charge on any atom is -0.466 e. The maximum absolute atomic E-state index is 12.4. The van der Waals surface area contributed by atoms with E-state index in [1.54, 1.807) is 6.08 Å². The van der Waals surface area contributed by atoms with Gasteiger partial charge in [-0.1, -0.05) is 217 Å². The van der Waals surface area contributed by atoms with Crippen LogP contribution in [0.3, 0.4) is 0 Å². The van der Waals surface area contributed by atoms with E-state index in [1.165, 1.54) is 148 Å². The van der Waals surface area contributed by atoms with Crippen LogP contribution >= 0.6 is 0 Å². The van der Waals surface area contributed by atoms with Crippen LogP contribution in [-0.4, -0.2) is 47.4 Å². The first kappa shape index (κ1) is 60.8. The number of nitrogens with one attached hydrogen (secondary N) is 1. The van der Waals surface area contributed by atoms with Crippen molar-refractivity contribution in [3.05, 3.63) is 48.6 Å². The maximum Gasteiger partial charge on any atom is 0.305 e. The first-order valence-electron chi connectivity index (χ1n) is 27.4. The minimum atomic E-state index is -0.862. The number of aliphatic hydroxyl groups excluding tert-OH is 2. The number of unbranched alkanes of at least 4 members (excludes halogenated alkanes) is 33. The SMILES string of the molecule is CCCCCC/C=C\C/C=C\CCCCCCCC(=O)OCCCCC/C=C\CCCCCCCC(=O)NC(CO)C(O)/C=C/CCCCCCCCCCCCCCCCCC. The van der Waals surface area contributed by atoms with Crippen LogP contribution in [0.2, 0.25) is 0 Å². The summed E-state index contributed by atoms with van der Waals surface area (Å²) < 4.78 is 5.44. The highest BCUT2D eigenvalue weighted by atomic mass is 16.5. The zero-order chi connectivity index (χ0) is 45.8. The molecule has 63 heavy (non-hydrogen) atoms. The van der Waals surface area contributed by atoms with Gasteiger partial charge in [0.25, 0.3) is 0 Å². The Hall–Kier alpha value is -2.18. The second-order valence-electron chi connectivity index (χ2n) is 18.5. The summed E-state index contributed by atoms with van der Waals surface area (Å²) in [4.78, 5) is 24.5. The lowest BCUT2D eigenvalue weighted by molar-refractivity contribution is -0.143. The molecule has 0 bridgehead atoms. The third kappa shape index (κ3) is 49.1. The fraction of sp³-hybridized carbons (Fsp3) is 0.825. The van der Waals surface area contributed by atoms with Crippen LogP contribution < -0.4 is 5.32 Å². The second kappa shape index (κ2) is 52.4. The summed E-state index contributed by atoms with van der Waals surface area (Å²) in [5.41, 5.74) is 0. The van der Waals surface area contributed by atoms with Crippen LogP contribution in [0.25, 0.3) is 0 Å². The predicted octanol–water partition coefficient (Wildman–Crippen LogP) is 16.6. The van der Waals surface area contributed by atoms with Gasteiger partial charge in [-0.2, -0.15) is 0 Å². The van der Waals surface area contributed by atoms with E-state index in [0.717, 1.165) is 103 Å². The van der Waals surface area contributed by atoms with E-state index in [-0.39, 0.29) is 18.5 Å². The average molecular weight is 884 g/mol. The molecule has 0 aromatic carbocycles. The smallest absolute Gasteiger partial charge is 0.305 e. The van der Waals surface area contributed by atoms with Crippen molar-refractivity contribution in [3.63, 3.8) is 0 Å².